The van der Waals surface area contributed by atoms with E-state index in [1.165, 1.54) is 0 Å². The molecule has 0 spiro atoms. The summed E-state index contributed by atoms with van der Waals surface area (Å²) in [5.74, 6) is 1.71. The summed E-state index contributed by atoms with van der Waals surface area (Å²) in [6.07, 6.45) is 3.29. The molecule has 0 saturated heterocycles. The lowest BCUT2D eigenvalue weighted by Crippen LogP contribution is -2.14. The minimum atomic E-state index is 0.292. The van der Waals surface area contributed by atoms with E-state index in [2.05, 4.69) is 16.6 Å². The average molecular weight is 209 g/mol. The Morgan fingerprint density at radius 1 is 1.31 bits per heavy atom. The van der Waals surface area contributed by atoms with Gasteiger partial charge in [0.15, 0.2) is 5.94 Å². The van der Waals surface area contributed by atoms with Gasteiger partial charge in [0.25, 0.3) is 0 Å². The molecule has 0 bridgehead atoms. The van der Waals surface area contributed by atoms with E-state index in [1.54, 1.807) is 36.3 Å². The molecule has 16 heavy (non-hydrogen) atoms. The van der Waals surface area contributed by atoms with E-state index in [9.17, 15) is 4.79 Å². The highest BCUT2D eigenvalue weighted by atomic mass is 16.1. The van der Waals surface area contributed by atoms with E-state index in [1.807, 2.05) is 6.07 Å². The Morgan fingerprint density at radius 2 is 2.19 bits per heavy atom. The summed E-state index contributed by atoms with van der Waals surface area (Å²) in [5, 5.41) is 12.8. The Morgan fingerprint density at radius 3 is 2.81 bits per heavy atom. The largest absolute Gasteiger partial charge is 0.267 e. The molecule has 4 nitrogen and oxygen atoms in total. The zero-order valence-corrected chi connectivity index (χ0v) is 8.27. The molecule has 2 rings (SSSR count). The Bertz CT molecular complexity index is 572. The van der Waals surface area contributed by atoms with Crippen molar-refractivity contribution in [2.45, 2.75) is 0 Å². The Labute approximate surface area is 92.2 Å². The summed E-state index contributed by atoms with van der Waals surface area (Å²) in [7, 11) is 0. The molecule has 0 amide bonds. The van der Waals surface area contributed by atoms with E-state index < -0.39 is 0 Å². The summed E-state index contributed by atoms with van der Waals surface area (Å²) < 4.78 is 0. The summed E-state index contributed by atoms with van der Waals surface area (Å²) in [6.45, 7) is 0. The Kier molecular flexibility index (Phi) is 2.64. The van der Waals surface area contributed by atoms with Gasteiger partial charge in [0, 0.05) is 5.56 Å². The monoisotopic (exact) mass is 209 g/mol. The highest BCUT2D eigenvalue weighted by Crippen LogP contribution is 2.09. The first-order valence-electron chi connectivity index (χ1n) is 4.61. The van der Waals surface area contributed by atoms with Gasteiger partial charge in [-0.15, -0.1) is 0 Å². The van der Waals surface area contributed by atoms with Gasteiger partial charge in [-0.3, -0.25) is 5.43 Å². The molecule has 0 fully saturated rings. The van der Waals surface area contributed by atoms with Gasteiger partial charge in [-0.25, -0.2) is 4.79 Å². The lowest BCUT2D eigenvalue weighted by atomic mass is 10.1. The highest BCUT2D eigenvalue weighted by Gasteiger charge is 2.06. The van der Waals surface area contributed by atoms with Crippen LogP contribution < -0.4 is 5.43 Å². The number of nitrogens with one attached hydrogen (secondary N) is 1. The minimum Gasteiger partial charge on any atom is -0.267 e. The van der Waals surface area contributed by atoms with E-state index in [0.717, 1.165) is 5.56 Å². The molecule has 1 aliphatic heterocycles. The summed E-state index contributed by atoms with van der Waals surface area (Å²) in [4.78, 5) is 10.3. The first-order chi connectivity index (χ1) is 7.83. The van der Waals surface area contributed by atoms with Crippen LogP contribution in [0.5, 0.6) is 0 Å². The second kappa shape index (κ2) is 4.26. The quantitative estimate of drug-likeness (QED) is 0.705. The fourth-order valence-corrected chi connectivity index (χ4v) is 1.32. The normalized spacial score (nSPS) is 13.4. The van der Waals surface area contributed by atoms with Crippen LogP contribution in [0.2, 0.25) is 0 Å². The molecule has 0 aliphatic carbocycles. The summed E-state index contributed by atoms with van der Waals surface area (Å²) in [5.41, 5.74) is 4.94. The van der Waals surface area contributed by atoms with E-state index >= 15 is 0 Å². The third kappa shape index (κ3) is 1.90. The third-order valence-electron chi connectivity index (χ3n) is 2.10. The molecule has 1 N–H and O–H groups in total. The molecule has 0 saturated carbocycles. The molecular weight excluding hydrogens is 202 g/mol. The second-order valence-electron chi connectivity index (χ2n) is 3.15. The van der Waals surface area contributed by atoms with Gasteiger partial charge in [0.1, 0.15) is 5.70 Å². The Balaban J connectivity index is 2.34. The predicted octanol–water partition coefficient (Wildman–Crippen LogP) is 1.14. The van der Waals surface area contributed by atoms with Crippen LogP contribution in [0, 0.1) is 11.3 Å². The van der Waals surface area contributed by atoms with Crippen molar-refractivity contribution in [3.05, 3.63) is 53.2 Å². The molecule has 1 aromatic rings. The summed E-state index contributed by atoms with van der Waals surface area (Å²) in [6, 6.07) is 9.15. The molecule has 0 aromatic heterocycles. The smallest absolute Gasteiger partial charge is 0.152 e. The standard InChI is InChI=1S/C12H7N3O/c13-7-9-2-1-3-10(6-9)12-5-4-11(8-16)14-15-12/h1-6,14H. The molecule has 0 radical (unpaired) electrons. The summed E-state index contributed by atoms with van der Waals surface area (Å²) >= 11 is 0. The second-order valence-corrected chi connectivity index (χ2v) is 3.15. The van der Waals surface area contributed by atoms with Crippen molar-refractivity contribution in [3.63, 3.8) is 0 Å². The molecule has 1 aliphatic rings. The fourth-order valence-electron chi connectivity index (χ4n) is 1.32. The minimum absolute atomic E-state index is 0.292. The van der Waals surface area contributed by atoms with E-state index in [-0.39, 0.29) is 0 Å². The van der Waals surface area contributed by atoms with Gasteiger partial charge in [-0.05, 0) is 24.3 Å². The topological polar surface area (TPSA) is 65.2 Å². The maximum Gasteiger partial charge on any atom is 0.152 e. The number of hydrogen-bond acceptors (Lipinski definition) is 4. The zero-order chi connectivity index (χ0) is 11.4. The molecule has 1 heterocycles. The number of carbonyl (C=O) groups excluding carboxylic acids is 1. The van der Waals surface area contributed by atoms with Gasteiger partial charge in [0.2, 0.25) is 0 Å². The molecular formula is C12H7N3O. The van der Waals surface area contributed by atoms with Crippen molar-refractivity contribution in [1.29, 1.82) is 5.26 Å². The first-order valence-corrected chi connectivity index (χ1v) is 4.61. The Hall–Kier alpha value is -2.63. The van der Waals surface area contributed by atoms with Crippen LogP contribution in [-0.4, -0.2) is 11.7 Å². The van der Waals surface area contributed by atoms with Gasteiger partial charge in [0.05, 0.1) is 17.3 Å². The number of allylic oxidation sites excluding steroid dienone is 2. The number of benzene rings is 1. The highest BCUT2D eigenvalue weighted by molar-refractivity contribution is 6.09. The predicted molar refractivity (Wildman–Crippen MR) is 59.2 cm³/mol. The van der Waals surface area contributed by atoms with Crippen molar-refractivity contribution in [3.8, 4) is 6.07 Å². The maximum absolute atomic E-state index is 10.3. The van der Waals surface area contributed by atoms with Crippen molar-refractivity contribution in [2.75, 3.05) is 0 Å². The lowest BCUT2D eigenvalue weighted by Gasteiger charge is -2.07. The lowest BCUT2D eigenvalue weighted by molar-refractivity contribution is 0.565. The van der Waals surface area contributed by atoms with Crippen LogP contribution >= 0.6 is 0 Å². The van der Waals surface area contributed by atoms with Crippen LogP contribution in [0.25, 0.3) is 0 Å². The molecule has 76 valence electrons. The van der Waals surface area contributed by atoms with Gasteiger partial charge in [-0.2, -0.15) is 10.4 Å². The SMILES string of the molecule is N#Cc1cccc(C2=NNC(=C=O)C=C2)c1. The van der Waals surface area contributed by atoms with Crippen molar-refractivity contribution < 1.29 is 4.79 Å². The van der Waals surface area contributed by atoms with Gasteiger partial charge >= 0.3 is 0 Å². The number of hydrogen-bond donors (Lipinski definition) is 1. The first kappa shape index (κ1) is 9.91. The zero-order valence-electron chi connectivity index (χ0n) is 8.27. The number of nitrogens with zero attached hydrogens (tertiary/aromatic N) is 2. The van der Waals surface area contributed by atoms with Crippen LogP contribution in [0.15, 0.2) is 47.2 Å². The molecule has 0 unspecified atom stereocenters. The molecule has 4 heteroatoms. The van der Waals surface area contributed by atoms with Crippen molar-refractivity contribution in [2.24, 2.45) is 5.10 Å². The van der Waals surface area contributed by atoms with Crippen molar-refractivity contribution in [1.82, 2.24) is 5.43 Å². The average Bonchev–Trinajstić information content (AvgIpc) is 2.39. The van der Waals surface area contributed by atoms with Crippen LogP contribution in [0.3, 0.4) is 0 Å². The number of rotatable bonds is 1. The van der Waals surface area contributed by atoms with Gasteiger partial charge < -0.3 is 0 Å². The van der Waals surface area contributed by atoms with Crippen LogP contribution in [-0.2, 0) is 4.79 Å². The number of hydrazone groups is 1. The van der Waals surface area contributed by atoms with E-state index in [4.69, 9.17) is 5.26 Å². The fraction of sp³-hybridized carbons (Fsp3) is 0. The van der Waals surface area contributed by atoms with E-state index in [0.29, 0.717) is 17.0 Å². The van der Waals surface area contributed by atoms with Crippen LogP contribution in [0.4, 0.5) is 0 Å². The maximum atomic E-state index is 10.3. The number of nitriles is 1. The van der Waals surface area contributed by atoms with Crippen LogP contribution in [0.1, 0.15) is 11.1 Å². The third-order valence-corrected chi connectivity index (χ3v) is 2.10. The van der Waals surface area contributed by atoms with Gasteiger partial charge in [-0.1, -0.05) is 12.1 Å². The molecule has 1 aromatic carbocycles. The molecule has 0 atom stereocenters. The van der Waals surface area contributed by atoms with Crippen molar-refractivity contribution >= 4 is 11.7 Å².